The van der Waals surface area contributed by atoms with E-state index in [2.05, 4.69) is 20.8 Å². The van der Waals surface area contributed by atoms with Crippen LogP contribution in [-0.2, 0) is 11.3 Å². The molecule has 1 heterocycles. The Hall–Kier alpha value is -2.90. The molecular weight excluding hydrogens is 337 g/mol. The number of halogens is 1. The molecule has 26 heavy (non-hydrogen) atoms. The molecule has 0 atom stereocenters. The number of nitrogens with zero attached hydrogens (tertiary/aromatic N) is 2. The summed E-state index contributed by atoms with van der Waals surface area (Å²) in [4.78, 5) is 25.2. The van der Waals surface area contributed by atoms with Gasteiger partial charge >= 0.3 is 6.03 Å². The van der Waals surface area contributed by atoms with Crippen LogP contribution in [0, 0.1) is 5.82 Å². The number of rotatable bonds is 6. The Labute approximate surface area is 151 Å². The van der Waals surface area contributed by atoms with Crippen molar-refractivity contribution in [1.29, 1.82) is 0 Å². The molecule has 3 amide bonds. The highest BCUT2D eigenvalue weighted by molar-refractivity contribution is 5.93. The average Bonchev–Trinajstić information content (AvgIpc) is 3.37. The van der Waals surface area contributed by atoms with Crippen LogP contribution >= 0.6 is 0 Å². The third-order valence-electron chi connectivity index (χ3n) is 4.21. The van der Waals surface area contributed by atoms with Gasteiger partial charge in [-0.25, -0.2) is 9.18 Å². The number of benzene rings is 1. The molecule has 7 nitrogen and oxygen atoms in total. The predicted octanol–water partition coefficient (Wildman–Crippen LogP) is 3.44. The van der Waals surface area contributed by atoms with Crippen LogP contribution < -0.4 is 10.6 Å². The molecule has 8 heteroatoms. The molecule has 1 fully saturated rings. The van der Waals surface area contributed by atoms with Gasteiger partial charge in [-0.3, -0.25) is 9.89 Å². The average molecular weight is 359 g/mol. The second-order valence-corrected chi connectivity index (χ2v) is 6.47. The van der Waals surface area contributed by atoms with Gasteiger partial charge in [0.15, 0.2) is 0 Å². The van der Waals surface area contributed by atoms with Crippen LogP contribution in [-0.4, -0.2) is 34.1 Å². The quantitative estimate of drug-likeness (QED) is 0.738. The molecule has 0 saturated heterocycles. The molecule has 3 rings (SSSR count). The molecule has 0 unspecified atom stereocenters. The largest absolute Gasteiger partial charge is 0.326 e. The SMILES string of the molecule is CCC(=O)Nc1ccc(F)c(NC(=O)N(C)Cc2cc(C3CC3)n[nH]2)c1. The van der Waals surface area contributed by atoms with Crippen molar-refractivity contribution in [3.63, 3.8) is 0 Å². The molecule has 1 aromatic carbocycles. The smallest absolute Gasteiger partial charge is 0.322 e. The summed E-state index contributed by atoms with van der Waals surface area (Å²) >= 11 is 0. The Morgan fingerprint density at radius 1 is 1.31 bits per heavy atom. The van der Waals surface area contributed by atoms with Crippen LogP contribution in [0.1, 0.15) is 43.5 Å². The molecule has 138 valence electrons. The zero-order valence-corrected chi connectivity index (χ0v) is 14.8. The van der Waals surface area contributed by atoms with Crippen LogP contribution in [0.3, 0.4) is 0 Å². The van der Waals surface area contributed by atoms with E-state index in [1.165, 1.54) is 23.1 Å². The fourth-order valence-electron chi connectivity index (χ4n) is 2.53. The van der Waals surface area contributed by atoms with Crippen LogP contribution in [0.15, 0.2) is 24.3 Å². The highest BCUT2D eigenvalue weighted by Gasteiger charge is 2.26. The maximum Gasteiger partial charge on any atom is 0.322 e. The fraction of sp³-hybridized carbons (Fsp3) is 0.389. The number of aromatic nitrogens is 2. The Balaban J connectivity index is 1.62. The summed E-state index contributed by atoms with van der Waals surface area (Å²) in [6.45, 7) is 2.06. The summed E-state index contributed by atoms with van der Waals surface area (Å²) in [7, 11) is 1.62. The van der Waals surface area contributed by atoms with E-state index in [9.17, 15) is 14.0 Å². The first-order chi connectivity index (χ1) is 12.5. The van der Waals surface area contributed by atoms with Crippen molar-refractivity contribution in [3.8, 4) is 0 Å². The van der Waals surface area contributed by atoms with Gasteiger partial charge in [0.05, 0.1) is 23.6 Å². The van der Waals surface area contributed by atoms with Gasteiger partial charge in [0.1, 0.15) is 5.82 Å². The maximum absolute atomic E-state index is 14.0. The van der Waals surface area contributed by atoms with Crippen LogP contribution in [0.4, 0.5) is 20.6 Å². The van der Waals surface area contributed by atoms with Gasteiger partial charge in [0.2, 0.25) is 5.91 Å². The summed E-state index contributed by atoms with van der Waals surface area (Å²) in [6, 6.07) is 5.56. The summed E-state index contributed by atoms with van der Waals surface area (Å²) in [5, 5.41) is 12.4. The van der Waals surface area contributed by atoms with Gasteiger partial charge < -0.3 is 15.5 Å². The highest BCUT2D eigenvalue weighted by atomic mass is 19.1. The molecule has 2 aromatic rings. The van der Waals surface area contributed by atoms with Gasteiger partial charge in [-0.05, 0) is 37.1 Å². The van der Waals surface area contributed by atoms with E-state index < -0.39 is 11.8 Å². The number of hydrogen-bond acceptors (Lipinski definition) is 3. The number of amides is 3. The molecule has 1 aliphatic rings. The van der Waals surface area contributed by atoms with Crippen molar-refractivity contribution >= 4 is 23.3 Å². The van der Waals surface area contributed by atoms with E-state index in [1.807, 2.05) is 6.07 Å². The standard InChI is InChI=1S/C18H22FN5O2/c1-3-17(25)20-12-6-7-14(19)16(8-12)21-18(26)24(2)10-13-9-15(23-22-13)11-4-5-11/h6-9,11H,3-5,10H2,1-2H3,(H,20,25)(H,21,26)(H,22,23). The molecular formula is C18H22FN5O2. The normalized spacial score (nSPS) is 13.3. The van der Waals surface area contributed by atoms with Gasteiger partial charge in [-0.2, -0.15) is 5.10 Å². The van der Waals surface area contributed by atoms with E-state index in [0.29, 0.717) is 24.6 Å². The van der Waals surface area contributed by atoms with Crippen LogP contribution in [0.25, 0.3) is 0 Å². The molecule has 3 N–H and O–H groups in total. The number of urea groups is 1. The predicted molar refractivity (Wildman–Crippen MR) is 96.4 cm³/mol. The molecule has 0 spiro atoms. The molecule has 0 aliphatic heterocycles. The van der Waals surface area contributed by atoms with E-state index in [0.717, 1.165) is 24.2 Å². The minimum absolute atomic E-state index is 0.0130. The van der Waals surface area contributed by atoms with Gasteiger partial charge in [0.25, 0.3) is 0 Å². The lowest BCUT2D eigenvalue weighted by Crippen LogP contribution is -2.31. The lowest BCUT2D eigenvalue weighted by atomic mass is 10.2. The summed E-state index contributed by atoms with van der Waals surface area (Å²) < 4.78 is 14.0. The zero-order valence-electron chi connectivity index (χ0n) is 14.8. The Kier molecular flexibility index (Phi) is 5.20. The highest BCUT2D eigenvalue weighted by Crippen LogP contribution is 2.39. The number of aromatic amines is 1. The Bertz CT molecular complexity index is 816. The Morgan fingerprint density at radius 3 is 2.77 bits per heavy atom. The van der Waals surface area contributed by atoms with E-state index in [-0.39, 0.29) is 11.6 Å². The molecule has 0 radical (unpaired) electrons. The third kappa shape index (κ3) is 4.38. The molecule has 0 bridgehead atoms. The monoisotopic (exact) mass is 359 g/mol. The number of H-pyrrole nitrogens is 1. The Morgan fingerprint density at radius 2 is 2.08 bits per heavy atom. The first-order valence-corrected chi connectivity index (χ1v) is 8.62. The van der Waals surface area contributed by atoms with Gasteiger partial charge in [-0.15, -0.1) is 0 Å². The van der Waals surface area contributed by atoms with E-state index >= 15 is 0 Å². The number of hydrogen-bond donors (Lipinski definition) is 3. The van der Waals surface area contributed by atoms with Crippen molar-refractivity contribution in [2.75, 3.05) is 17.7 Å². The first kappa shape index (κ1) is 17.9. The third-order valence-corrected chi connectivity index (χ3v) is 4.21. The van der Waals surface area contributed by atoms with Crippen molar-refractivity contribution in [2.24, 2.45) is 0 Å². The fourth-order valence-corrected chi connectivity index (χ4v) is 2.53. The van der Waals surface area contributed by atoms with Crippen molar-refractivity contribution in [3.05, 3.63) is 41.5 Å². The summed E-state index contributed by atoms with van der Waals surface area (Å²) in [5.74, 6) is -0.218. The van der Waals surface area contributed by atoms with Crippen LogP contribution in [0.2, 0.25) is 0 Å². The zero-order chi connectivity index (χ0) is 18.7. The van der Waals surface area contributed by atoms with Gasteiger partial charge in [-0.1, -0.05) is 6.92 Å². The first-order valence-electron chi connectivity index (χ1n) is 8.62. The lowest BCUT2D eigenvalue weighted by Gasteiger charge is -2.17. The van der Waals surface area contributed by atoms with Crippen molar-refractivity contribution in [2.45, 2.75) is 38.6 Å². The van der Waals surface area contributed by atoms with E-state index in [1.54, 1.807) is 14.0 Å². The maximum atomic E-state index is 14.0. The van der Waals surface area contributed by atoms with E-state index in [4.69, 9.17) is 0 Å². The molecule has 1 saturated carbocycles. The summed E-state index contributed by atoms with van der Waals surface area (Å²) in [5.41, 5.74) is 2.30. The summed E-state index contributed by atoms with van der Waals surface area (Å²) in [6.07, 6.45) is 2.63. The topological polar surface area (TPSA) is 90.1 Å². The second-order valence-electron chi connectivity index (χ2n) is 6.47. The number of carbonyl (C=O) groups excluding carboxylic acids is 2. The lowest BCUT2D eigenvalue weighted by molar-refractivity contribution is -0.115. The van der Waals surface area contributed by atoms with Gasteiger partial charge in [0, 0.05) is 25.1 Å². The minimum atomic E-state index is -0.571. The van der Waals surface area contributed by atoms with Crippen molar-refractivity contribution in [1.82, 2.24) is 15.1 Å². The van der Waals surface area contributed by atoms with Crippen LogP contribution in [0.5, 0.6) is 0 Å². The molecule has 1 aromatic heterocycles. The number of anilines is 2. The van der Waals surface area contributed by atoms with Crippen molar-refractivity contribution < 1.29 is 14.0 Å². The number of nitrogens with one attached hydrogen (secondary N) is 3. The number of carbonyl (C=O) groups is 2. The minimum Gasteiger partial charge on any atom is -0.326 e. The molecule has 1 aliphatic carbocycles. The second kappa shape index (κ2) is 7.55.